The molecule has 66 valence electrons. The van der Waals surface area contributed by atoms with Crippen molar-refractivity contribution in [3.8, 4) is 0 Å². The lowest BCUT2D eigenvalue weighted by molar-refractivity contribution is 0.605. The maximum Gasteiger partial charge on any atom is 0.126 e. The first-order valence-electron chi connectivity index (χ1n) is 4.25. The van der Waals surface area contributed by atoms with Gasteiger partial charge in [0.15, 0.2) is 0 Å². The molecule has 0 aliphatic rings. The van der Waals surface area contributed by atoms with Gasteiger partial charge in [-0.3, -0.25) is 0 Å². The molecular weight excluding hydrogens is 153 g/mol. The van der Waals surface area contributed by atoms with E-state index < -0.39 is 0 Å². The van der Waals surface area contributed by atoms with Crippen LogP contribution in [0.15, 0.2) is 18.2 Å². The van der Waals surface area contributed by atoms with Gasteiger partial charge in [0.1, 0.15) is 5.82 Å². The van der Waals surface area contributed by atoms with Crippen molar-refractivity contribution in [2.45, 2.75) is 26.3 Å². The number of benzene rings is 1. The number of nitrogens with two attached hydrogens (primary N) is 1. The Kier molecular flexibility index (Phi) is 3.23. The van der Waals surface area contributed by atoms with Gasteiger partial charge in [-0.05, 0) is 23.6 Å². The molecule has 1 aromatic carbocycles. The minimum Gasteiger partial charge on any atom is -0.326 e. The molecule has 0 unspecified atom stereocenters. The van der Waals surface area contributed by atoms with E-state index in [4.69, 9.17) is 5.73 Å². The average Bonchev–Trinajstić information content (AvgIpc) is 2.09. The molecule has 0 aliphatic carbocycles. The smallest absolute Gasteiger partial charge is 0.126 e. The van der Waals surface area contributed by atoms with Crippen LogP contribution in [0.1, 0.15) is 24.5 Å². The van der Waals surface area contributed by atoms with Crippen molar-refractivity contribution in [1.82, 2.24) is 0 Å². The van der Waals surface area contributed by atoms with E-state index in [0.717, 1.165) is 24.0 Å². The molecule has 0 radical (unpaired) electrons. The van der Waals surface area contributed by atoms with Crippen LogP contribution in [0, 0.1) is 5.82 Å². The van der Waals surface area contributed by atoms with E-state index in [1.807, 2.05) is 19.1 Å². The molecule has 0 aliphatic heterocycles. The number of halogens is 1. The summed E-state index contributed by atoms with van der Waals surface area (Å²) in [7, 11) is 0. The second kappa shape index (κ2) is 4.21. The molecule has 0 spiro atoms. The molecule has 0 saturated heterocycles. The molecule has 0 saturated carbocycles. The van der Waals surface area contributed by atoms with Crippen LogP contribution in [0.3, 0.4) is 0 Å². The Morgan fingerprint density at radius 2 is 2.17 bits per heavy atom. The molecule has 0 atom stereocenters. The van der Waals surface area contributed by atoms with E-state index in [-0.39, 0.29) is 5.82 Å². The summed E-state index contributed by atoms with van der Waals surface area (Å²) in [6, 6.07) is 5.22. The maximum absolute atomic E-state index is 13.2. The van der Waals surface area contributed by atoms with Crippen molar-refractivity contribution in [2.24, 2.45) is 5.73 Å². The minimum atomic E-state index is -0.125. The summed E-state index contributed by atoms with van der Waals surface area (Å²) in [4.78, 5) is 0. The van der Waals surface area contributed by atoms with Crippen molar-refractivity contribution >= 4 is 0 Å². The largest absolute Gasteiger partial charge is 0.326 e. The van der Waals surface area contributed by atoms with Crippen LogP contribution in [0.2, 0.25) is 0 Å². The Balaban J connectivity index is 2.87. The Hall–Kier alpha value is -0.890. The molecule has 0 amide bonds. The number of hydrogen-bond acceptors (Lipinski definition) is 1. The lowest BCUT2D eigenvalue weighted by Crippen LogP contribution is -1.98. The summed E-state index contributed by atoms with van der Waals surface area (Å²) < 4.78 is 13.2. The normalized spacial score (nSPS) is 10.2. The topological polar surface area (TPSA) is 26.0 Å². The van der Waals surface area contributed by atoms with Crippen molar-refractivity contribution in [1.29, 1.82) is 0 Å². The third kappa shape index (κ3) is 2.05. The van der Waals surface area contributed by atoms with Gasteiger partial charge in [0, 0.05) is 6.54 Å². The molecular formula is C10H14FN. The highest BCUT2D eigenvalue weighted by Crippen LogP contribution is 2.11. The van der Waals surface area contributed by atoms with Crippen molar-refractivity contribution in [3.63, 3.8) is 0 Å². The van der Waals surface area contributed by atoms with E-state index in [9.17, 15) is 4.39 Å². The zero-order valence-corrected chi connectivity index (χ0v) is 7.31. The summed E-state index contributed by atoms with van der Waals surface area (Å²) in [6.07, 6.45) is 1.77. The van der Waals surface area contributed by atoms with Gasteiger partial charge in [-0.2, -0.15) is 0 Å². The zero-order valence-electron chi connectivity index (χ0n) is 7.31. The number of hydrogen-bond donors (Lipinski definition) is 1. The van der Waals surface area contributed by atoms with Crippen molar-refractivity contribution in [2.75, 3.05) is 0 Å². The maximum atomic E-state index is 13.2. The third-order valence-corrected chi connectivity index (χ3v) is 1.87. The second-order valence-electron chi connectivity index (χ2n) is 2.88. The second-order valence-corrected chi connectivity index (χ2v) is 2.88. The summed E-state index contributed by atoms with van der Waals surface area (Å²) in [5, 5.41) is 0. The van der Waals surface area contributed by atoms with Crippen LogP contribution in [0.5, 0.6) is 0 Å². The number of rotatable bonds is 3. The lowest BCUT2D eigenvalue weighted by Gasteiger charge is -2.02. The SMILES string of the molecule is CCCc1ccc(CN)cc1F. The fourth-order valence-electron chi connectivity index (χ4n) is 1.19. The quantitative estimate of drug-likeness (QED) is 0.734. The highest BCUT2D eigenvalue weighted by atomic mass is 19.1. The molecule has 1 nitrogen and oxygen atoms in total. The van der Waals surface area contributed by atoms with Gasteiger partial charge in [0.25, 0.3) is 0 Å². The fraction of sp³-hybridized carbons (Fsp3) is 0.400. The first-order valence-corrected chi connectivity index (χ1v) is 4.25. The standard InChI is InChI=1S/C10H14FN/c1-2-3-9-5-4-8(7-12)6-10(9)11/h4-6H,2-3,7,12H2,1H3. The Bertz CT molecular complexity index is 258. The molecule has 2 heteroatoms. The molecule has 0 heterocycles. The van der Waals surface area contributed by atoms with E-state index >= 15 is 0 Å². The summed E-state index contributed by atoms with van der Waals surface area (Å²) in [5.74, 6) is -0.125. The molecule has 1 aromatic rings. The van der Waals surface area contributed by atoms with Gasteiger partial charge < -0.3 is 5.73 Å². The molecule has 0 aromatic heterocycles. The molecule has 0 fully saturated rings. The molecule has 12 heavy (non-hydrogen) atoms. The summed E-state index contributed by atoms with van der Waals surface area (Å²) in [5.41, 5.74) is 7.02. The number of aryl methyl sites for hydroxylation is 1. The highest BCUT2D eigenvalue weighted by Gasteiger charge is 2.00. The Morgan fingerprint density at radius 3 is 2.67 bits per heavy atom. The summed E-state index contributed by atoms with van der Waals surface area (Å²) in [6.45, 7) is 2.44. The Morgan fingerprint density at radius 1 is 1.42 bits per heavy atom. The fourth-order valence-corrected chi connectivity index (χ4v) is 1.19. The van der Waals surface area contributed by atoms with E-state index in [1.165, 1.54) is 6.07 Å². The zero-order chi connectivity index (χ0) is 8.97. The van der Waals surface area contributed by atoms with E-state index in [0.29, 0.717) is 6.54 Å². The van der Waals surface area contributed by atoms with Crippen LogP contribution in [-0.2, 0) is 13.0 Å². The van der Waals surface area contributed by atoms with Crippen LogP contribution < -0.4 is 5.73 Å². The van der Waals surface area contributed by atoms with Crippen LogP contribution in [0.25, 0.3) is 0 Å². The predicted octanol–water partition coefficient (Wildman–Crippen LogP) is 2.24. The van der Waals surface area contributed by atoms with Gasteiger partial charge in [0.05, 0.1) is 0 Å². The van der Waals surface area contributed by atoms with Crippen LogP contribution in [-0.4, -0.2) is 0 Å². The highest BCUT2D eigenvalue weighted by molar-refractivity contribution is 5.24. The van der Waals surface area contributed by atoms with E-state index in [2.05, 4.69) is 0 Å². The Labute approximate surface area is 72.4 Å². The van der Waals surface area contributed by atoms with E-state index in [1.54, 1.807) is 0 Å². The minimum absolute atomic E-state index is 0.125. The van der Waals surface area contributed by atoms with Gasteiger partial charge in [-0.1, -0.05) is 25.5 Å². The lowest BCUT2D eigenvalue weighted by atomic mass is 10.1. The van der Waals surface area contributed by atoms with Crippen molar-refractivity contribution in [3.05, 3.63) is 35.1 Å². The van der Waals surface area contributed by atoms with Gasteiger partial charge in [0.2, 0.25) is 0 Å². The monoisotopic (exact) mass is 167 g/mol. The summed E-state index contributed by atoms with van der Waals surface area (Å²) >= 11 is 0. The van der Waals surface area contributed by atoms with Gasteiger partial charge >= 0.3 is 0 Å². The van der Waals surface area contributed by atoms with Gasteiger partial charge in [-0.25, -0.2) is 4.39 Å². The molecule has 1 rings (SSSR count). The molecule has 2 N–H and O–H groups in total. The average molecular weight is 167 g/mol. The van der Waals surface area contributed by atoms with Crippen LogP contribution >= 0.6 is 0 Å². The first-order chi connectivity index (χ1) is 5.77. The van der Waals surface area contributed by atoms with Gasteiger partial charge in [-0.15, -0.1) is 0 Å². The van der Waals surface area contributed by atoms with Crippen LogP contribution in [0.4, 0.5) is 4.39 Å². The first kappa shape index (κ1) is 9.20. The predicted molar refractivity (Wildman–Crippen MR) is 48.3 cm³/mol. The third-order valence-electron chi connectivity index (χ3n) is 1.87. The molecule has 0 bridgehead atoms. The van der Waals surface area contributed by atoms with Crippen molar-refractivity contribution < 1.29 is 4.39 Å².